The number of terminal acetylenes is 1. The van der Waals surface area contributed by atoms with Crippen LogP contribution in [0, 0.1) is 12.3 Å². The Labute approximate surface area is 141 Å². The lowest BCUT2D eigenvalue weighted by Crippen LogP contribution is -2.32. The molecule has 1 aromatic rings. The number of rotatable bonds is 8. The molecule has 0 saturated heterocycles. The summed E-state index contributed by atoms with van der Waals surface area (Å²) in [5.74, 6) is 0.973. The molecule has 7 nitrogen and oxygen atoms in total. The van der Waals surface area contributed by atoms with Crippen LogP contribution in [0.25, 0.3) is 0 Å². The van der Waals surface area contributed by atoms with E-state index in [9.17, 15) is 18.0 Å². The number of esters is 1. The van der Waals surface area contributed by atoms with Crippen molar-refractivity contribution in [1.82, 2.24) is 10.0 Å². The Morgan fingerprint density at radius 1 is 1.29 bits per heavy atom. The van der Waals surface area contributed by atoms with Crippen molar-refractivity contribution in [2.24, 2.45) is 0 Å². The quantitative estimate of drug-likeness (QED) is 0.529. The van der Waals surface area contributed by atoms with Crippen LogP contribution in [0.1, 0.15) is 30.6 Å². The zero-order valence-corrected chi connectivity index (χ0v) is 14.4. The highest BCUT2D eigenvalue weighted by molar-refractivity contribution is 7.89. The minimum absolute atomic E-state index is 0.0473. The maximum atomic E-state index is 12.1. The van der Waals surface area contributed by atoms with Gasteiger partial charge in [0.25, 0.3) is 5.91 Å². The highest BCUT2D eigenvalue weighted by atomic mass is 32.2. The van der Waals surface area contributed by atoms with E-state index in [4.69, 9.17) is 11.2 Å². The predicted molar refractivity (Wildman–Crippen MR) is 88.6 cm³/mol. The van der Waals surface area contributed by atoms with Crippen LogP contribution in [-0.2, 0) is 19.6 Å². The van der Waals surface area contributed by atoms with Crippen molar-refractivity contribution in [1.29, 1.82) is 0 Å². The van der Waals surface area contributed by atoms with Crippen LogP contribution in [-0.4, -0.2) is 39.5 Å². The second kappa shape index (κ2) is 9.05. The lowest BCUT2D eigenvalue weighted by atomic mass is 10.2. The van der Waals surface area contributed by atoms with E-state index in [1.165, 1.54) is 24.3 Å². The molecule has 0 heterocycles. The van der Waals surface area contributed by atoms with E-state index in [2.05, 4.69) is 16.0 Å². The summed E-state index contributed by atoms with van der Waals surface area (Å²) in [5, 5.41) is 2.35. The van der Waals surface area contributed by atoms with Crippen LogP contribution in [0.5, 0.6) is 0 Å². The van der Waals surface area contributed by atoms with Gasteiger partial charge in [0.1, 0.15) is 0 Å². The molecule has 0 spiro atoms. The Bertz CT molecular complexity index is 720. The first-order valence-electron chi connectivity index (χ1n) is 7.29. The molecule has 1 amide bonds. The molecule has 0 aliphatic rings. The number of amides is 1. The Morgan fingerprint density at radius 2 is 1.92 bits per heavy atom. The summed E-state index contributed by atoms with van der Waals surface area (Å²) in [5.41, 5.74) is 0.141. The van der Waals surface area contributed by atoms with Gasteiger partial charge in [-0.15, -0.1) is 6.42 Å². The summed E-state index contributed by atoms with van der Waals surface area (Å²) in [6.07, 6.45) is 5.64. The van der Waals surface area contributed by atoms with E-state index in [0.717, 1.165) is 0 Å². The fraction of sp³-hybridized carbons (Fsp3) is 0.375. The van der Waals surface area contributed by atoms with E-state index in [1.807, 2.05) is 6.92 Å². The summed E-state index contributed by atoms with van der Waals surface area (Å²) in [6.45, 7) is 3.21. The molecular weight excluding hydrogens is 332 g/mol. The summed E-state index contributed by atoms with van der Waals surface area (Å²) < 4.78 is 31.5. The van der Waals surface area contributed by atoms with Gasteiger partial charge in [-0.05, 0) is 37.6 Å². The molecule has 0 unspecified atom stereocenters. The normalized spacial score (nSPS) is 12.0. The molecular formula is C16H20N2O5S. The maximum Gasteiger partial charge on any atom is 0.338 e. The van der Waals surface area contributed by atoms with E-state index in [-0.39, 0.29) is 23.0 Å². The number of hydrogen-bond donors (Lipinski definition) is 2. The Kier molecular flexibility index (Phi) is 7.42. The second-order valence-corrected chi connectivity index (χ2v) is 6.73. The van der Waals surface area contributed by atoms with Crippen LogP contribution in [0.2, 0.25) is 0 Å². The minimum Gasteiger partial charge on any atom is -0.452 e. The second-order valence-electron chi connectivity index (χ2n) is 5.01. The third kappa shape index (κ3) is 6.02. The Balaban J connectivity index is 2.69. The van der Waals surface area contributed by atoms with Crippen molar-refractivity contribution in [3.8, 4) is 12.3 Å². The van der Waals surface area contributed by atoms with Crippen molar-refractivity contribution in [2.75, 3.05) is 13.2 Å². The Hall–Kier alpha value is -2.37. The van der Waals surface area contributed by atoms with Gasteiger partial charge in [0.05, 0.1) is 17.0 Å². The van der Waals surface area contributed by atoms with Crippen LogP contribution in [0.4, 0.5) is 0 Å². The molecule has 0 saturated carbocycles. The smallest absolute Gasteiger partial charge is 0.338 e. The molecule has 1 aromatic carbocycles. The van der Waals surface area contributed by atoms with Crippen molar-refractivity contribution in [3.63, 3.8) is 0 Å². The lowest BCUT2D eigenvalue weighted by Gasteiger charge is -2.12. The highest BCUT2D eigenvalue weighted by Crippen LogP contribution is 2.12. The van der Waals surface area contributed by atoms with Crippen molar-refractivity contribution < 1.29 is 22.7 Å². The van der Waals surface area contributed by atoms with Gasteiger partial charge in [0.2, 0.25) is 10.0 Å². The van der Waals surface area contributed by atoms with Crippen molar-refractivity contribution in [3.05, 3.63) is 29.8 Å². The molecule has 0 radical (unpaired) electrons. The van der Waals surface area contributed by atoms with Gasteiger partial charge in [-0.2, -0.15) is 0 Å². The van der Waals surface area contributed by atoms with Gasteiger partial charge in [0, 0.05) is 6.04 Å². The summed E-state index contributed by atoms with van der Waals surface area (Å²) >= 11 is 0. The van der Waals surface area contributed by atoms with E-state index in [0.29, 0.717) is 6.42 Å². The molecule has 0 aliphatic carbocycles. The SMILES string of the molecule is C#CCNC(=O)COC(=O)c1ccc(S(=O)(=O)N[C@@H](C)CC)cc1. The molecule has 1 rings (SSSR count). The molecule has 8 heteroatoms. The fourth-order valence-electron chi connectivity index (χ4n) is 1.60. The number of benzene rings is 1. The van der Waals surface area contributed by atoms with E-state index < -0.39 is 28.5 Å². The Morgan fingerprint density at radius 3 is 2.46 bits per heavy atom. The van der Waals surface area contributed by atoms with Gasteiger partial charge >= 0.3 is 5.97 Å². The number of sulfonamides is 1. The van der Waals surface area contributed by atoms with Crippen molar-refractivity contribution >= 4 is 21.9 Å². The first-order valence-corrected chi connectivity index (χ1v) is 8.78. The maximum absolute atomic E-state index is 12.1. The van der Waals surface area contributed by atoms with Gasteiger partial charge < -0.3 is 10.1 Å². The average Bonchev–Trinajstić information content (AvgIpc) is 2.57. The van der Waals surface area contributed by atoms with Crippen LogP contribution in [0.3, 0.4) is 0 Å². The topological polar surface area (TPSA) is 102 Å². The zero-order valence-electron chi connectivity index (χ0n) is 13.5. The van der Waals surface area contributed by atoms with E-state index in [1.54, 1.807) is 6.92 Å². The number of carbonyl (C=O) groups is 2. The third-order valence-corrected chi connectivity index (χ3v) is 4.70. The zero-order chi connectivity index (χ0) is 18.2. The minimum atomic E-state index is -3.64. The molecule has 0 bridgehead atoms. The number of carbonyl (C=O) groups excluding carboxylic acids is 2. The highest BCUT2D eigenvalue weighted by Gasteiger charge is 2.17. The molecule has 0 fully saturated rings. The van der Waals surface area contributed by atoms with Crippen LogP contribution >= 0.6 is 0 Å². The summed E-state index contributed by atoms with van der Waals surface area (Å²) in [4.78, 5) is 23.1. The van der Waals surface area contributed by atoms with Crippen LogP contribution < -0.4 is 10.0 Å². The van der Waals surface area contributed by atoms with Gasteiger partial charge in [-0.1, -0.05) is 12.8 Å². The molecule has 24 heavy (non-hydrogen) atoms. The molecule has 0 aliphatic heterocycles. The molecule has 2 N–H and O–H groups in total. The third-order valence-electron chi connectivity index (χ3n) is 3.09. The summed E-state index contributed by atoms with van der Waals surface area (Å²) in [6, 6.07) is 5.07. The molecule has 1 atom stereocenters. The van der Waals surface area contributed by atoms with Gasteiger partial charge in [-0.3, -0.25) is 4.79 Å². The molecule has 130 valence electrons. The van der Waals surface area contributed by atoms with Gasteiger partial charge in [-0.25, -0.2) is 17.9 Å². The number of nitrogens with one attached hydrogen (secondary N) is 2. The fourth-order valence-corrected chi connectivity index (χ4v) is 2.93. The first kappa shape index (κ1) is 19.7. The summed E-state index contributed by atoms with van der Waals surface area (Å²) in [7, 11) is -3.64. The van der Waals surface area contributed by atoms with Gasteiger partial charge in [0.15, 0.2) is 6.61 Å². The van der Waals surface area contributed by atoms with Crippen LogP contribution in [0.15, 0.2) is 29.2 Å². The van der Waals surface area contributed by atoms with E-state index >= 15 is 0 Å². The largest absolute Gasteiger partial charge is 0.452 e. The average molecular weight is 352 g/mol. The standard InChI is InChI=1S/C16H20N2O5S/c1-4-10-17-15(19)11-23-16(20)13-6-8-14(9-7-13)24(21,22)18-12(3)5-2/h1,6-9,12,18H,5,10-11H2,2-3H3,(H,17,19)/t12-/m0/s1. The number of hydrogen-bond acceptors (Lipinski definition) is 5. The lowest BCUT2D eigenvalue weighted by molar-refractivity contribution is -0.123. The monoisotopic (exact) mass is 352 g/mol. The first-order chi connectivity index (χ1) is 11.3. The number of ether oxygens (including phenoxy) is 1. The predicted octanol–water partition coefficient (Wildman–Crippen LogP) is 0.670. The van der Waals surface area contributed by atoms with Crippen molar-refractivity contribution in [2.45, 2.75) is 31.2 Å². The molecule has 0 aromatic heterocycles.